The standard InChI is InChI=1S/C17H19NO5S2/c1-9(2)13(16(20)21)18-15(19)12(25-17(18)24)8-10-6-5-7-11(22-3)14(10)23-4/h5-9,13H,1-4H3,(H,20,21)/p-1/b12-8-/t13-/m0/s1. The van der Waals surface area contributed by atoms with Crippen molar-refractivity contribution >= 4 is 46.3 Å². The van der Waals surface area contributed by atoms with E-state index in [2.05, 4.69) is 0 Å². The number of hydrogen-bond acceptors (Lipinski definition) is 7. The molecule has 6 nitrogen and oxygen atoms in total. The number of thiocarbonyl (C=S) groups is 1. The molecular weight excluding hydrogens is 362 g/mol. The summed E-state index contributed by atoms with van der Waals surface area (Å²) in [5.74, 6) is -1.11. The lowest BCUT2D eigenvalue weighted by Crippen LogP contribution is -2.52. The Morgan fingerprint density at radius 1 is 1.32 bits per heavy atom. The zero-order valence-corrected chi connectivity index (χ0v) is 15.9. The Hall–Kier alpha value is -2.06. The Morgan fingerprint density at radius 3 is 2.52 bits per heavy atom. The number of aliphatic carboxylic acids is 1. The van der Waals surface area contributed by atoms with Crippen LogP contribution in [-0.4, -0.2) is 41.4 Å². The molecule has 0 N–H and O–H groups in total. The zero-order valence-electron chi connectivity index (χ0n) is 14.3. The monoisotopic (exact) mass is 380 g/mol. The van der Waals surface area contributed by atoms with Gasteiger partial charge in [-0.2, -0.15) is 0 Å². The molecule has 8 heteroatoms. The molecule has 1 aromatic rings. The van der Waals surface area contributed by atoms with Gasteiger partial charge in [0.25, 0.3) is 5.91 Å². The molecule has 1 amide bonds. The first-order valence-electron chi connectivity index (χ1n) is 7.50. The molecule has 2 rings (SSSR count). The quantitative estimate of drug-likeness (QED) is 0.549. The molecule has 0 spiro atoms. The molecule has 0 aromatic heterocycles. The van der Waals surface area contributed by atoms with Crippen LogP contribution in [0.4, 0.5) is 0 Å². The number of ether oxygens (including phenoxy) is 2. The summed E-state index contributed by atoms with van der Waals surface area (Å²) >= 11 is 6.27. The predicted molar refractivity (Wildman–Crippen MR) is 98.2 cm³/mol. The van der Waals surface area contributed by atoms with Crippen LogP contribution in [0.25, 0.3) is 6.08 Å². The van der Waals surface area contributed by atoms with Gasteiger partial charge in [-0.15, -0.1) is 0 Å². The van der Waals surface area contributed by atoms with Crippen molar-refractivity contribution in [2.45, 2.75) is 19.9 Å². The van der Waals surface area contributed by atoms with Crippen LogP contribution in [0.2, 0.25) is 0 Å². The third kappa shape index (κ3) is 3.80. The van der Waals surface area contributed by atoms with Gasteiger partial charge in [-0.1, -0.05) is 50.0 Å². The largest absolute Gasteiger partial charge is 0.548 e. The number of rotatable bonds is 6. The van der Waals surface area contributed by atoms with Gasteiger partial charge in [0.1, 0.15) is 4.32 Å². The molecular formula is C17H18NO5S2-. The molecule has 1 atom stereocenters. The summed E-state index contributed by atoms with van der Waals surface area (Å²) in [7, 11) is 3.03. The van der Waals surface area contributed by atoms with Gasteiger partial charge in [0.2, 0.25) is 0 Å². The van der Waals surface area contributed by atoms with Gasteiger partial charge in [0.15, 0.2) is 11.5 Å². The molecule has 0 bridgehead atoms. The highest BCUT2D eigenvalue weighted by Gasteiger charge is 2.39. The minimum atomic E-state index is -1.33. The molecule has 1 aromatic carbocycles. The maximum absolute atomic E-state index is 12.7. The lowest BCUT2D eigenvalue weighted by Gasteiger charge is -2.30. The maximum atomic E-state index is 12.7. The highest BCUT2D eigenvalue weighted by molar-refractivity contribution is 8.26. The van der Waals surface area contributed by atoms with Gasteiger partial charge in [-0.25, -0.2) is 0 Å². The summed E-state index contributed by atoms with van der Waals surface area (Å²) in [6.07, 6.45) is 1.62. The molecule has 0 aliphatic carbocycles. The summed E-state index contributed by atoms with van der Waals surface area (Å²) in [4.78, 5) is 25.6. The number of para-hydroxylation sites is 1. The average Bonchev–Trinajstić information content (AvgIpc) is 2.82. The molecule has 1 aliphatic heterocycles. The van der Waals surface area contributed by atoms with Crippen molar-refractivity contribution < 1.29 is 24.2 Å². The van der Waals surface area contributed by atoms with Crippen LogP contribution in [0.5, 0.6) is 11.5 Å². The molecule has 0 radical (unpaired) electrons. The maximum Gasteiger partial charge on any atom is 0.266 e. The Bertz CT molecular complexity index is 745. The number of carboxylic acid groups (broad SMARTS) is 1. The molecule has 1 saturated heterocycles. The van der Waals surface area contributed by atoms with Gasteiger partial charge in [-0.05, 0) is 18.1 Å². The number of carbonyl (C=O) groups is 2. The number of methoxy groups -OCH3 is 2. The number of carboxylic acids is 1. The van der Waals surface area contributed by atoms with Crippen LogP contribution >= 0.6 is 24.0 Å². The van der Waals surface area contributed by atoms with E-state index >= 15 is 0 Å². The Balaban J connectivity index is 2.43. The minimum absolute atomic E-state index is 0.195. The minimum Gasteiger partial charge on any atom is -0.548 e. The van der Waals surface area contributed by atoms with Gasteiger partial charge in [0, 0.05) is 5.56 Å². The number of benzene rings is 1. The van der Waals surface area contributed by atoms with Crippen LogP contribution < -0.4 is 14.6 Å². The molecule has 1 fully saturated rings. The highest BCUT2D eigenvalue weighted by Crippen LogP contribution is 2.38. The van der Waals surface area contributed by atoms with E-state index in [1.165, 1.54) is 14.2 Å². The lowest BCUT2D eigenvalue weighted by molar-refractivity contribution is -0.311. The van der Waals surface area contributed by atoms with E-state index < -0.39 is 17.9 Å². The van der Waals surface area contributed by atoms with Crippen LogP contribution in [-0.2, 0) is 9.59 Å². The fourth-order valence-corrected chi connectivity index (χ4v) is 3.88. The fraction of sp³-hybridized carbons (Fsp3) is 0.353. The summed E-state index contributed by atoms with van der Waals surface area (Å²) in [6, 6.07) is 4.18. The first kappa shape index (κ1) is 19.3. The van der Waals surface area contributed by atoms with E-state index in [1.54, 1.807) is 38.1 Å². The van der Waals surface area contributed by atoms with E-state index in [9.17, 15) is 14.7 Å². The molecule has 0 saturated carbocycles. The molecule has 1 aliphatic rings. The smallest absolute Gasteiger partial charge is 0.266 e. The number of thioether (sulfide) groups is 1. The van der Waals surface area contributed by atoms with Crippen molar-refractivity contribution in [2.75, 3.05) is 14.2 Å². The van der Waals surface area contributed by atoms with Crippen LogP contribution in [0.1, 0.15) is 19.4 Å². The number of hydrogen-bond donors (Lipinski definition) is 0. The van der Waals surface area contributed by atoms with Crippen LogP contribution in [0, 0.1) is 5.92 Å². The predicted octanol–water partition coefficient (Wildman–Crippen LogP) is 1.68. The first-order valence-corrected chi connectivity index (χ1v) is 8.73. The third-order valence-electron chi connectivity index (χ3n) is 3.69. The molecule has 1 heterocycles. The summed E-state index contributed by atoms with van der Waals surface area (Å²) in [6.45, 7) is 3.40. The fourth-order valence-electron chi connectivity index (χ4n) is 2.56. The molecule has 134 valence electrons. The second kappa shape index (κ2) is 7.88. The van der Waals surface area contributed by atoms with Crippen LogP contribution in [0.3, 0.4) is 0 Å². The van der Waals surface area contributed by atoms with Gasteiger partial charge in [-0.3, -0.25) is 9.69 Å². The second-order valence-electron chi connectivity index (χ2n) is 5.64. The van der Waals surface area contributed by atoms with Gasteiger partial charge in [0.05, 0.1) is 31.1 Å². The summed E-state index contributed by atoms with van der Waals surface area (Å²) < 4.78 is 10.8. The van der Waals surface area contributed by atoms with E-state index in [4.69, 9.17) is 21.7 Å². The topological polar surface area (TPSA) is 78.9 Å². The van der Waals surface area contributed by atoms with E-state index in [0.29, 0.717) is 22.0 Å². The zero-order chi connectivity index (χ0) is 18.7. The summed E-state index contributed by atoms with van der Waals surface area (Å²) in [5, 5.41) is 11.4. The number of carbonyl (C=O) groups excluding carboxylic acids is 2. The van der Waals surface area contributed by atoms with Gasteiger partial charge < -0.3 is 19.4 Å². The molecule has 0 unspecified atom stereocenters. The first-order chi connectivity index (χ1) is 11.8. The van der Waals surface area contributed by atoms with Gasteiger partial charge >= 0.3 is 0 Å². The number of amides is 1. The Morgan fingerprint density at radius 2 is 2.00 bits per heavy atom. The van der Waals surface area contributed by atoms with E-state index in [-0.39, 0.29) is 10.2 Å². The number of nitrogens with zero attached hydrogens (tertiary/aromatic N) is 1. The van der Waals surface area contributed by atoms with Crippen molar-refractivity contribution in [1.82, 2.24) is 4.90 Å². The van der Waals surface area contributed by atoms with Crippen LogP contribution in [0.15, 0.2) is 23.1 Å². The second-order valence-corrected chi connectivity index (χ2v) is 7.32. The van der Waals surface area contributed by atoms with Crippen molar-refractivity contribution in [3.8, 4) is 11.5 Å². The Labute approximate surface area is 155 Å². The molecule has 25 heavy (non-hydrogen) atoms. The van der Waals surface area contributed by atoms with E-state index in [1.807, 2.05) is 0 Å². The third-order valence-corrected chi connectivity index (χ3v) is 5.03. The van der Waals surface area contributed by atoms with Crippen molar-refractivity contribution in [3.05, 3.63) is 28.7 Å². The van der Waals surface area contributed by atoms with Crippen molar-refractivity contribution in [2.24, 2.45) is 5.92 Å². The highest BCUT2D eigenvalue weighted by atomic mass is 32.2. The van der Waals surface area contributed by atoms with Crippen molar-refractivity contribution in [3.63, 3.8) is 0 Å². The summed E-state index contributed by atoms with van der Waals surface area (Å²) in [5.41, 5.74) is 0.636. The average molecular weight is 380 g/mol. The normalized spacial score (nSPS) is 17.3. The lowest BCUT2D eigenvalue weighted by atomic mass is 10.0. The van der Waals surface area contributed by atoms with E-state index in [0.717, 1.165) is 16.7 Å². The SMILES string of the molecule is COc1cccc(/C=C2\SC(=S)N([C@H](C(=O)[O-])C(C)C)C2=O)c1OC. The Kier molecular flexibility index (Phi) is 6.07. The van der Waals surface area contributed by atoms with Crippen molar-refractivity contribution in [1.29, 1.82) is 0 Å².